The molecule has 1 aromatic heterocycles. The van der Waals surface area contributed by atoms with Crippen molar-refractivity contribution in [2.24, 2.45) is 5.92 Å². The van der Waals surface area contributed by atoms with E-state index in [1.807, 2.05) is 20.0 Å². The van der Waals surface area contributed by atoms with E-state index in [4.69, 9.17) is 9.15 Å². The van der Waals surface area contributed by atoms with Crippen molar-refractivity contribution < 1.29 is 9.15 Å². The van der Waals surface area contributed by atoms with Crippen LogP contribution in [0.25, 0.3) is 0 Å². The number of hydrogen-bond acceptors (Lipinski definition) is 3. The van der Waals surface area contributed by atoms with Crippen molar-refractivity contribution in [1.29, 1.82) is 0 Å². The summed E-state index contributed by atoms with van der Waals surface area (Å²) >= 11 is 3.51. The fourth-order valence-electron chi connectivity index (χ4n) is 2.09. The summed E-state index contributed by atoms with van der Waals surface area (Å²) in [7, 11) is 1.95. The van der Waals surface area contributed by atoms with Crippen molar-refractivity contribution in [2.45, 2.75) is 31.9 Å². The second kappa shape index (κ2) is 5.34. The molecule has 1 aliphatic rings. The van der Waals surface area contributed by atoms with Crippen LogP contribution in [-0.4, -0.2) is 19.8 Å². The third-order valence-electron chi connectivity index (χ3n) is 3.01. The lowest BCUT2D eigenvalue weighted by atomic mass is 10.0. The lowest BCUT2D eigenvalue weighted by molar-refractivity contribution is 0.0150. The van der Waals surface area contributed by atoms with E-state index in [1.54, 1.807) is 6.26 Å². The average molecular weight is 288 g/mol. The molecule has 0 saturated heterocycles. The van der Waals surface area contributed by atoms with Crippen LogP contribution >= 0.6 is 15.9 Å². The molecular formula is C12H18BrNO2. The van der Waals surface area contributed by atoms with Crippen molar-refractivity contribution in [2.75, 3.05) is 13.7 Å². The molecule has 2 atom stereocenters. The van der Waals surface area contributed by atoms with Gasteiger partial charge in [-0.2, -0.15) is 0 Å². The molecule has 2 rings (SSSR count). The molecule has 0 amide bonds. The van der Waals surface area contributed by atoms with Gasteiger partial charge >= 0.3 is 0 Å². The molecule has 0 radical (unpaired) electrons. The molecule has 0 spiro atoms. The molecule has 0 aliphatic heterocycles. The van der Waals surface area contributed by atoms with E-state index in [1.165, 1.54) is 12.8 Å². The van der Waals surface area contributed by atoms with E-state index in [2.05, 4.69) is 21.2 Å². The Kier molecular flexibility index (Phi) is 4.05. The minimum Gasteiger partial charge on any atom is -0.466 e. The van der Waals surface area contributed by atoms with Crippen molar-refractivity contribution in [3.63, 3.8) is 0 Å². The van der Waals surface area contributed by atoms with E-state index in [9.17, 15) is 0 Å². The minimum atomic E-state index is 0.136. The maximum absolute atomic E-state index is 5.85. The van der Waals surface area contributed by atoms with Gasteiger partial charge < -0.3 is 14.5 Å². The molecule has 3 nitrogen and oxygen atoms in total. The van der Waals surface area contributed by atoms with Crippen molar-refractivity contribution in [3.05, 3.63) is 22.6 Å². The molecule has 1 aliphatic carbocycles. The number of furan rings is 1. The second-order valence-electron chi connectivity index (χ2n) is 4.16. The predicted octanol–water partition coefficient (Wildman–Crippen LogP) is 3.12. The number of nitrogens with one attached hydrogen (secondary N) is 1. The molecule has 1 aromatic rings. The fraction of sp³-hybridized carbons (Fsp3) is 0.667. The van der Waals surface area contributed by atoms with Gasteiger partial charge in [0.2, 0.25) is 0 Å². The Morgan fingerprint density at radius 1 is 1.62 bits per heavy atom. The molecule has 1 N–H and O–H groups in total. The number of hydrogen-bond donors (Lipinski definition) is 1. The summed E-state index contributed by atoms with van der Waals surface area (Å²) < 4.78 is 12.4. The largest absolute Gasteiger partial charge is 0.466 e. The number of halogens is 1. The standard InChI is InChI=1S/C12H18BrNO2/c1-3-15-11(8-4-5-8)10(14-2)12-9(13)6-7-16-12/h6-8,10-11,14H,3-5H2,1-2H3. The van der Waals surface area contributed by atoms with Crippen LogP contribution in [0.2, 0.25) is 0 Å². The summed E-state index contributed by atoms with van der Waals surface area (Å²) in [6, 6.07) is 2.06. The zero-order valence-corrected chi connectivity index (χ0v) is 11.3. The number of likely N-dealkylation sites (N-methyl/N-ethyl adjacent to an activating group) is 1. The summed E-state index contributed by atoms with van der Waals surface area (Å²) in [4.78, 5) is 0. The van der Waals surface area contributed by atoms with E-state index in [0.717, 1.165) is 16.8 Å². The summed E-state index contributed by atoms with van der Waals surface area (Å²) in [5, 5.41) is 3.30. The zero-order chi connectivity index (χ0) is 11.5. The van der Waals surface area contributed by atoms with Crippen molar-refractivity contribution in [3.8, 4) is 0 Å². The van der Waals surface area contributed by atoms with Gasteiger partial charge in [0.1, 0.15) is 5.76 Å². The monoisotopic (exact) mass is 287 g/mol. The molecule has 90 valence electrons. The number of ether oxygens (including phenoxy) is 1. The molecular weight excluding hydrogens is 270 g/mol. The Morgan fingerprint density at radius 3 is 2.81 bits per heavy atom. The van der Waals surface area contributed by atoms with E-state index in [-0.39, 0.29) is 12.1 Å². The first-order valence-corrected chi connectivity index (χ1v) is 6.59. The van der Waals surface area contributed by atoms with Crippen LogP contribution in [-0.2, 0) is 4.74 Å². The van der Waals surface area contributed by atoms with Gasteiger partial charge in [-0.3, -0.25) is 0 Å². The molecule has 2 unspecified atom stereocenters. The predicted molar refractivity (Wildman–Crippen MR) is 66.3 cm³/mol. The van der Waals surface area contributed by atoms with E-state index in [0.29, 0.717) is 5.92 Å². The first kappa shape index (κ1) is 12.1. The topological polar surface area (TPSA) is 34.4 Å². The average Bonchev–Trinajstić information content (AvgIpc) is 3.03. The first-order valence-electron chi connectivity index (χ1n) is 5.79. The fourth-order valence-corrected chi connectivity index (χ4v) is 2.54. The molecule has 0 aromatic carbocycles. The molecule has 4 heteroatoms. The summed E-state index contributed by atoms with van der Waals surface area (Å²) in [5.74, 6) is 1.61. The normalized spacial score (nSPS) is 19.7. The summed E-state index contributed by atoms with van der Waals surface area (Å²) in [6.07, 6.45) is 4.46. The highest BCUT2D eigenvalue weighted by Gasteiger charge is 2.39. The summed E-state index contributed by atoms with van der Waals surface area (Å²) in [6.45, 7) is 2.79. The smallest absolute Gasteiger partial charge is 0.137 e. The van der Waals surface area contributed by atoms with Gasteiger partial charge in [0.25, 0.3) is 0 Å². The Hall–Kier alpha value is -0.320. The van der Waals surface area contributed by atoms with Crippen LogP contribution < -0.4 is 5.32 Å². The maximum atomic E-state index is 5.85. The van der Waals surface area contributed by atoms with Gasteiger partial charge in [-0.15, -0.1) is 0 Å². The van der Waals surface area contributed by atoms with Gasteiger partial charge in [0, 0.05) is 6.61 Å². The Labute approximate surface area is 105 Å². The van der Waals surface area contributed by atoms with Crippen LogP contribution in [0.1, 0.15) is 31.6 Å². The SMILES string of the molecule is CCOC(C1CC1)C(NC)c1occc1Br. The second-order valence-corrected chi connectivity index (χ2v) is 5.01. The highest BCUT2D eigenvalue weighted by Crippen LogP contribution is 2.41. The Morgan fingerprint density at radius 2 is 2.38 bits per heavy atom. The van der Waals surface area contributed by atoms with Gasteiger partial charge in [-0.1, -0.05) is 0 Å². The Balaban J connectivity index is 2.16. The lowest BCUT2D eigenvalue weighted by Gasteiger charge is -2.25. The van der Waals surface area contributed by atoms with Crippen LogP contribution in [0.15, 0.2) is 21.2 Å². The molecule has 1 heterocycles. The van der Waals surface area contributed by atoms with Crippen molar-refractivity contribution >= 4 is 15.9 Å². The van der Waals surface area contributed by atoms with Crippen LogP contribution in [0.4, 0.5) is 0 Å². The Bertz CT molecular complexity index is 336. The van der Waals surface area contributed by atoms with Crippen molar-refractivity contribution in [1.82, 2.24) is 5.32 Å². The van der Waals surface area contributed by atoms with Gasteiger partial charge in [0.15, 0.2) is 0 Å². The van der Waals surface area contributed by atoms with E-state index >= 15 is 0 Å². The molecule has 1 saturated carbocycles. The van der Waals surface area contributed by atoms with Gasteiger partial charge in [-0.05, 0) is 54.7 Å². The summed E-state index contributed by atoms with van der Waals surface area (Å²) in [5.41, 5.74) is 0. The van der Waals surface area contributed by atoms with Crippen LogP contribution in [0, 0.1) is 5.92 Å². The van der Waals surface area contributed by atoms with E-state index < -0.39 is 0 Å². The van der Waals surface area contributed by atoms with Gasteiger partial charge in [-0.25, -0.2) is 0 Å². The third kappa shape index (κ3) is 2.50. The molecule has 16 heavy (non-hydrogen) atoms. The highest BCUT2D eigenvalue weighted by molar-refractivity contribution is 9.10. The van der Waals surface area contributed by atoms with Gasteiger partial charge in [0.05, 0.1) is 22.9 Å². The zero-order valence-electron chi connectivity index (χ0n) is 9.70. The van der Waals surface area contributed by atoms with Crippen LogP contribution in [0.3, 0.4) is 0 Å². The first-order chi connectivity index (χ1) is 7.77. The minimum absolute atomic E-state index is 0.136. The van der Waals surface area contributed by atoms with Crippen LogP contribution in [0.5, 0.6) is 0 Å². The highest BCUT2D eigenvalue weighted by atomic mass is 79.9. The lowest BCUT2D eigenvalue weighted by Crippen LogP contribution is -2.33. The maximum Gasteiger partial charge on any atom is 0.137 e. The molecule has 0 bridgehead atoms. The third-order valence-corrected chi connectivity index (χ3v) is 3.67. The molecule has 1 fully saturated rings. The quantitative estimate of drug-likeness (QED) is 0.873. The number of rotatable bonds is 6.